The molecule has 2 aromatic carbocycles. The Balaban J connectivity index is 0.000000766. The van der Waals surface area contributed by atoms with Crippen LogP contribution < -0.4 is 16.0 Å². The van der Waals surface area contributed by atoms with Crippen molar-refractivity contribution in [1.82, 2.24) is 20.5 Å². The van der Waals surface area contributed by atoms with Gasteiger partial charge >= 0.3 is 6.09 Å². The van der Waals surface area contributed by atoms with Gasteiger partial charge in [0.05, 0.1) is 25.7 Å². The topological polar surface area (TPSA) is 122 Å². The van der Waals surface area contributed by atoms with Gasteiger partial charge in [0.15, 0.2) is 0 Å². The van der Waals surface area contributed by atoms with Gasteiger partial charge in [-0.3, -0.25) is 14.5 Å². The normalized spacial score (nSPS) is 11.5. The zero-order chi connectivity index (χ0) is 30.8. The number of ether oxygens (including phenoxy) is 2. The number of aromatic nitrogens is 1. The number of benzene rings is 2. The molecule has 10 nitrogen and oxygen atoms in total. The van der Waals surface area contributed by atoms with Crippen molar-refractivity contribution in [2.24, 2.45) is 0 Å². The van der Waals surface area contributed by atoms with Gasteiger partial charge in [0.2, 0.25) is 12.3 Å². The Labute approximate surface area is 242 Å². The second-order valence-electron chi connectivity index (χ2n) is 8.97. The van der Waals surface area contributed by atoms with Gasteiger partial charge in [0, 0.05) is 13.3 Å². The van der Waals surface area contributed by atoms with Crippen LogP contribution in [0.3, 0.4) is 0 Å². The number of halogens is 3. The first-order chi connectivity index (χ1) is 20.1. The van der Waals surface area contributed by atoms with Crippen LogP contribution in [0.5, 0.6) is 0 Å². The molecule has 1 aromatic heterocycles. The van der Waals surface area contributed by atoms with Gasteiger partial charge in [-0.05, 0) is 42.4 Å². The number of nitrogens with one attached hydrogen (secondary N) is 3. The molecule has 0 bridgehead atoms. The molecular formula is C29H34F3N5O5. The van der Waals surface area contributed by atoms with Crippen LogP contribution in [0.1, 0.15) is 17.2 Å². The molecule has 1 unspecified atom stereocenters. The fraction of sp³-hybridized carbons (Fsp3) is 0.310. The number of carbonyl (C=O) groups excluding carboxylic acids is 3. The van der Waals surface area contributed by atoms with Gasteiger partial charge in [0.25, 0.3) is 5.92 Å². The van der Waals surface area contributed by atoms with Crippen LogP contribution in [0.15, 0.2) is 79.0 Å². The highest BCUT2D eigenvalue weighted by Gasteiger charge is 2.33. The van der Waals surface area contributed by atoms with Crippen molar-refractivity contribution in [1.29, 1.82) is 0 Å². The third-order valence-corrected chi connectivity index (χ3v) is 5.56. The van der Waals surface area contributed by atoms with Gasteiger partial charge < -0.3 is 25.4 Å². The van der Waals surface area contributed by atoms with Crippen LogP contribution in [-0.4, -0.2) is 74.6 Å². The van der Waals surface area contributed by atoms with E-state index in [2.05, 4.69) is 15.6 Å². The molecule has 13 heteroatoms. The summed E-state index contributed by atoms with van der Waals surface area (Å²) in [7, 11) is 2.95. The highest BCUT2D eigenvalue weighted by Crippen LogP contribution is 2.25. The molecule has 0 fully saturated rings. The minimum Gasteiger partial charge on any atom is -0.445 e. The number of alkyl carbamates (subject to hydrolysis) is 1. The standard InChI is InChI=1S/C23H29F2N5O5.C6H5F/c1-30(15-23(24,25)14-26-16-31)19(13-34-2)18-8-9-27-20(10-18)29-21(32)11-28-22(33)35-12-17-6-4-3-5-7-17;7-6-4-2-1-3-5-6/h3-10,16,19H,11-15H2,1-2H3,(H,26,31)(H,28,33)(H,27,29,32);1-5H. The molecular weight excluding hydrogens is 555 g/mol. The Morgan fingerprint density at radius 1 is 1.07 bits per heavy atom. The van der Waals surface area contributed by atoms with Crippen LogP contribution in [0.25, 0.3) is 0 Å². The number of carbonyl (C=O) groups is 3. The lowest BCUT2D eigenvalue weighted by Crippen LogP contribution is -2.44. The molecule has 3 amide bonds. The number of nitrogens with zero attached hydrogens (tertiary/aromatic N) is 2. The molecule has 3 aromatic rings. The summed E-state index contributed by atoms with van der Waals surface area (Å²) in [5, 5.41) is 6.88. The highest BCUT2D eigenvalue weighted by molar-refractivity contribution is 5.93. The molecule has 42 heavy (non-hydrogen) atoms. The molecule has 1 atom stereocenters. The van der Waals surface area contributed by atoms with Crippen molar-refractivity contribution in [2.75, 3.05) is 45.7 Å². The first-order valence-corrected chi connectivity index (χ1v) is 12.8. The van der Waals surface area contributed by atoms with Crippen LogP contribution in [-0.2, 0) is 25.7 Å². The molecule has 3 rings (SSSR count). The lowest BCUT2D eigenvalue weighted by atomic mass is 10.1. The monoisotopic (exact) mass is 589 g/mol. The third kappa shape index (κ3) is 13.2. The van der Waals surface area contributed by atoms with Crippen molar-refractivity contribution >= 4 is 24.2 Å². The smallest absolute Gasteiger partial charge is 0.407 e. The van der Waals surface area contributed by atoms with E-state index in [4.69, 9.17) is 9.47 Å². The van der Waals surface area contributed by atoms with Crippen molar-refractivity contribution in [3.63, 3.8) is 0 Å². The molecule has 0 saturated heterocycles. The summed E-state index contributed by atoms with van der Waals surface area (Å²) in [4.78, 5) is 39.8. The minimum absolute atomic E-state index is 0.0660. The summed E-state index contributed by atoms with van der Waals surface area (Å²) >= 11 is 0. The number of rotatable bonds is 14. The number of hydrogen-bond acceptors (Lipinski definition) is 7. The molecule has 1 heterocycles. The van der Waals surface area contributed by atoms with E-state index in [1.807, 2.05) is 23.5 Å². The maximum absolute atomic E-state index is 14.1. The number of anilines is 1. The van der Waals surface area contributed by atoms with Gasteiger partial charge in [-0.15, -0.1) is 0 Å². The van der Waals surface area contributed by atoms with E-state index in [0.717, 1.165) is 5.56 Å². The van der Waals surface area contributed by atoms with Crippen molar-refractivity contribution in [2.45, 2.75) is 18.6 Å². The van der Waals surface area contributed by atoms with E-state index in [1.165, 1.54) is 43.5 Å². The largest absolute Gasteiger partial charge is 0.445 e. The van der Waals surface area contributed by atoms with Crippen molar-refractivity contribution < 1.29 is 37.0 Å². The number of pyridine rings is 1. The number of hydrogen-bond donors (Lipinski definition) is 3. The third-order valence-electron chi connectivity index (χ3n) is 5.56. The highest BCUT2D eigenvalue weighted by atomic mass is 19.3. The van der Waals surface area contributed by atoms with Gasteiger partial charge in [-0.2, -0.15) is 0 Å². The summed E-state index contributed by atoms with van der Waals surface area (Å²) in [5.74, 6) is -3.71. The van der Waals surface area contributed by atoms with E-state index in [0.29, 0.717) is 5.56 Å². The van der Waals surface area contributed by atoms with Crippen molar-refractivity contribution in [3.05, 3.63) is 95.9 Å². The maximum atomic E-state index is 14.1. The Morgan fingerprint density at radius 3 is 2.33 bits per heavy atom. The van der Waals surface area contributed by atoms with E-state index in [9.17, 15) is 27.6 Å². The minimum atomic E-state index is -3.16. The van der Waals surface area contributed by atoms with Gasteiger partial charge in [-0.1, -0.05) is 48.5 Å². The molecule has 3 N–H and O–H groups in total. The quantitative estimate of drug-likeness (QED) is 0.245. The SMILES string of the molecule is COCC(c1ccnc(NC(=O)CNC(=O)OCc2ccccc2)c1)N(C)CC(F)(F)CNC=O.Fc1ccccc1. The number of alkyl halides is 2. The molecule has 226 valence electrons. The summed E-state index contributed by atoms with van der Waals surface area (Å²) in [5.41, 5.74) is 1.38. The lowest BCUT2D eigenvalue weighted by molar-refractivity contribution is -0.115. The Bertz CT molecular complexity index is 1240. The summed E-state index contributed by atoms with van der Waals surface area (Å²) in [6.45, 7) is -1.62. The number of methoxy groups -OCH3 is 1. The summed E-state index contributed by atoms with van der Waals surface area (Å²) in [6.07, 6.45) is 0.892. The summed E-state index contributed by atoms with van der Waals surface area (Å²) in [6, 6.07) is 19.6. The molecule has 0 saturated carbocycles. The zero-order valence-corrected chi connectivity index (χ0v) is 23.3. The zero-order valence-electron chi connectivity index (χ0n) is 23.3. The first kappa shape index (κ1) is 33.7. The predicted octanol–water partition coefficient (Wildman–Crippen LogP) is 3.77. The van der Waals surface area contributed by atoms with Gasteiger partial charge in [0.1, 0.15) is 24.8 Å². The fourth-order valence-corrected chi connectivity index (χ4v) is 3.61. The lowest BCUT2D eigenvalue weighted by Gasteiger charge is -2.31. The Hall–Kier alpha value is -4.49. The molecule has 0 aliphatic carbocycles. The van der Waals surface area contributed by atoms with Crippen molar-refractivity contribution in [3.8, 4) is 0 Å². The molecule has 0 radical (unpaired) electrons. The Morgan fingerprint density at radius 2 is 1.74 bits per heavy atom. The second-order valence-corrected chi connectivity index (χ2v) is 8.97. The van der Waals surface area contributed by atoms with Crippen LogP contribution in [0.2, 0.25) is 0 Å². The van der Waals surface area contributed by atoms with Gasteiger partial charge in [-0.25, -0.2) is 22.9 Å². The van der Waals surface area contributed by atoms with E-state index in [1.54, 1.807) is 36.4 Å². The van der Waals surface area contributed by atoms with E-state index >= 15 is 0 Å². The summed E-state index contributed by atoms with van der Waals surface area (Å²) < 4.78 is 50.4. The number of likely N-dealkylation sites (N-methyl/N-ethyl adjacent to an activating group) is 1. The fourth-order valence-electron chi connectivity index (χ4n) is 3.61. The molecule has 0 aliphatic rings. The van der Waals surface area contributed by atoms with Crippen LogP contribution in [0.4, 0.5) is 23.8 Å². The average molecular weight is 590 g/mol. The molecule has 0 spiro atoms. The Kier molecular flexibility index (Phi) is 14.5. The van der Waals surface area contributed by atoms with E-state index in [-0.39, 0.29) is 37.8 Å². The second kappa shape index (κ2) is 18.0. The first-order valence-electron chi connectivity index (χ1n) is 12.8. The predicted molar refractivity (Wildman–Crippen MR) is 150 cm³/mol. The molecule has 0 aliphatic heterocycles. The number of amides is 3. The average Bonchev–Trinajstić information content (AvgIpc) is 2.98. The maximum Gasteiger partial charge on any atom is 0.407 e. The van der Waals surface area contributed by atoms with Crippen LogP contribution >= 0.6 is 0 Å². The van der Waals surface area contributed by atoms with E-state index < -0.39 is 37.1 Å². The van der Waals surface area contributed by atoms with Crippen LogP contribution in [0, 0.1) is 5.82 Å².